The molecule has 3 aromatic rings. The molecule has 0 spiro atoms. The fourth-order valence-corrected chi connectivity index (χ4v) is 4.76. The van der Waals surface area contributed by atoms with E-state index in [4.69, 9.17) is 16.1 Å². The molecule has 1 atom stereocenters. The molecule has 0 unspecified atom stereocenters. The summed E-state index contributed by atoms with van der Waals surface area (Å²) < 4.78 is 32.7. The van der Waals surface area contributed by atoms with Crippen molar-refractivity contribution in [2.24, 2.45) is 0 Å². The maximum Gasteiger partial charge on any atom is 0.245 e. The van der Waals surface area contributed by atoms with Crippen molar-refractivity contribution in [2.45, 2.75) is 23.8 Å². The second kappa shape index (κ2) is 6.79. The SMILES string of the molecule is O=S(=O)(c1ccc(Cl)cc1)N1CCC[C@@H]1c1nc(-c2ccccn2)no1. The van der Waals surface area contributed by atoms with E-state index in [9.17, 15) is 8.42 Å². The zero-order valence-corrected chi connectivity index (χ0v) is 15.2. The van der Waals surface area contributed by atoms with Crippen LogP contribution in [0.25, 0.3) is 11.5 Å². The molecule has 1 saturated heterocycles. The second-order valence-electron chi connectivity index (χ2n) is 5.90. The number of sulfonamides is 1. The van der Waals surface area contributed by atoms with E-state index >= 15 is 0 Å². The standard InChI is InChI=1S/C17H15ClN4O3S/c18-12-6-8-13(9-7-12)26(23,24)22-11-3-5-15(22)17-20-16(21-25-17)14-4-1-2-10-19-14/h1-2,4,6-10,15H,3,5,11H2/t15-/m1/s1. The van der Waals surface area contributed by atoms with Crippen molar-refractivity contribution >= 4 is 21.6 Å². The van der Waals surface area contributed by atoms with Gasteiger partial charge >= 0.3 is 0 Å². The largest absolute Gasteiger partial charge is 0.337 e. The molecule has 134 valence electrons. The first-order chi connectivity index (χ1) is 12.6. The number of rotatable bonds is 4. The predicted octanol–water partition coefficient (Wildman–Crippen LogP) is 3.31. The summed E-state index contributed by atoms with van der Waals surface area (Å²) in [6.07, 6.45) is 2.98. The quantitative estimate of drug-likeness (QED) is 0.678. The molecule has 0 aliphatic carbocycles. The molecular weight excluding hydrogens is 376 g/mol. The van der Waals surface area contributed by atoms with Crippen molar-refractivity contribution in [3.63, 3.8) is 0 Å². The first kappa shape index (κ1) is 17.1. The molecule has 1 aliphatic heterocycles. The average Bonchev–Trinajstić information content (AvgIpc) is 3.32. The summed E-state index contributed by atoms with van der Waals surface area (Å²) in [5.41, 5.74) is 0.576. The summed E-state index contributed by atoms with van der Waals surface area (Å²) in [6, 6.07) is 11.0. The van der Waals surface area contributed by atoms with Crippen LogP contribution in [0.4, 0.5) is 0 Å². The summed E-state index contributed by atoms with van der Waals surface area (Å²) in [7, 11) is -3.68. The Kier molecular flexibility index (Phi) is 4.47. The van der Waals surface area contributed by atoms with Crippen LogP contribution in [0.3, 0.4) is 0 Å². The molecular formula is C17H15ClN4O3S. The number of hydrogen-bond acceptors (Lipinski definition) is 6. The van der Waals surface area contributed by atoms with Gasteiger partial charge in [-0.25, -0.2) is 8.42 Å². The first-order valence-electron chi connectivity index (χ1n) is 8.08. The summed E-state index contributed by atoms with van der Waals surface area (Å²) in [6.45, 7) is 0.400. The zero-order valence-electron chi connectivity index (χ0n) is 13.6. The number of pyridine rings is 1. The fraction of sp³-hybridized carbons (Fsp3) is 0.235. The van der Waals surface area contributed by atoms with Gasteiger partial charge in [0.2, 0.25) is 21.7 Å². The van der Waals surface area contributed by atoms with Gasteiger partial charge < -0.3 is 4.52 Å². The maximum atomic E-state index is 13.0. The van der Waals surface area contributed by atoms with Crippen molar-refractivity contribution in [3.05, 3.63) is 59.6 Å². The second-order valence-corrected chi connectivity index (χ2v) is 8.23. The Morgan fingerprint density at radius 1 is 1.15 bits per heavy atom. The third kappa shape index (κ3) is 3.11. The third-order valence-electron chi connectivity index (χ3n) is 4.24. The molecule has 7 nitrogen and oxygen atoms in total. The molecule has 9 heteroatoms. The van der Waals surface area contributed by atoms with Gasteiger partial charge in [0.15, 0.2) is 0 Å². The summed E-state index contributed by atoms with van der Waals surface area (Å²) >= 11 is 5.86. The van der Waals surface area contributed by atoms with Crippen LogP contribution in [0.15, 0.2) is 58.1 Å². The van der Waals surface area contributed by atoms with Gasteiger partial charge in [-0.15, -0.1) is 0 Å². The molecule has 0 radical (unpaired) electrons. The summed E-state index contributed by atoms with van der Waals surface area (Å²) in [5, 5.41) is 4.43. The Hall–Kier alpha value is -2.29. The highest BCUT2D eigenvalue weighted by Crippen LogP contribution is 2.36. The number of hydrogen-bond donors (Lipinski definition) is 0. The van der Waals surface area contributed by atoms with E-state index in [0.717, 1.165) is 6.42 Å². The lowest BCUT2D eigenvalue weighted by Crippen LogP contribution is -2.30. The number of halogens is 1. The lowest BCUT2D eigenvalue weighted by Gasteiger charge is -2.21. The molecule has 3 heterocycles. The molecule has 4 rings (SSSR count). The molecule has 2 aromatic heterocycles. The van der Waals surface area contributed by atoms with Crippen LogP contribution in [0, 0.1) is 0 Å². The van der Waals surface area contributed by atoms with Gasteiger partial charge in [0, 0.05) is 17.8 Å². The lowest BCUT2D eigenvalue weighted by atomic mass is 10.2. The summed E-state index contributed by atoms with van der Waals surface area (Å²) in [4.78, 5) is 8.74. The van der Waals surface area contributed by atoms with Crippen LogP contribution < -0.4 is 0 Å². The van der Waals surface area contributed by atoms with Gasteiger partial charge in [0.05, 0.1) is 4.90 Å². The summed E-state index contributed by atoms with van der Waals surface area (Å²) in [5.74, 6) is 0.622. The topological polar surface area (TPSA) is 89.2 Å². The van der Waals surface area contributed by atoms with Crippen LogP contribution in [-0.2, 0) is 10.0 Å². The van der Waals surface area contributed by atoms with Crippen LogP contribution in [0.1, 0.15) is 24.8 Å². The van der Waals surface area contributed by atoms with Crippen LogP contribution in [0.2, 0.25) is 5.02 Å². The van der Waals surface area contributed by atoms with Gasteiger partial charge in [0.25, 0.3) is 0 Å². The molecule has 0 saturated carbocycles. The van der Waals surface area contributed by atoms with Crippen molar-refractivity contribution in [1.29, 1.82) is 0 Å². The average molecular weight is 391 g/mol. The monoisotopic (exact) mass is 390 g/mol. The Balaban J connectivity index is 1.65. The third-order valence-corrected chi connectivity index (χ3v) is 6.42. The van der Waals surface area contributed by atoms with Crippen LogP contribution >= 0.6 is 11.6 Å². The minimum Gasteiger partial charge on any atom is -0.337 e. The van der Waals surface area contributed by atoms with Crippen molar-refractivity contribution in [3.8, 4) is 11.5 Å². The van der Waals surface area contributed by atoms with Gasteiger partial charge in [-0.2, -0.15) is 9.29 Å². The van der Waals surface area contributed by atoms with Gasteiger partial charge in [0.1, 0.15) is 11.7 Å². The minimum absolute atomic E-state index is 0.193. The normalized spacial score (nSPS) is 18.3. The van der Waals surface area contributed by atoms with Crippen LogP contribution in [0.5, 0.6) is 0 Å². The van der Waals surface area contributed by atoms with Crippen molar-refractivity contribution in [2.75, 3.05) is 6.54 Å². The highest BCUT2D eigenvalue weighted by Gasteiger charge is 2.39. The van der Waals surface area contributed by atoms with Gasteiger partial charge in [-0.3, -0.25) is 4.98 Å². The fourth-order valence-electron chi connectivity index (χ4n) is 2.99. The lowest BCUT2D eigenvalue weighted by molar-refractivity contribution is 0.290. The molecule has 26 heavy (non-hydrogen) atoms. The molecule has 1 aromatic carbocycles. The Bertz CT molecular complexity index is 1010. The first-order valence-corrected chi connectivity index (χ1v) is 9.90. The maximum absolute atomic E-state index is 13.0. The van der Waals surface area contributed by atoms with E-state index in [1.807, 2.05) is 6.07 Å². The predicted molar refractivity (Wildman–Crippen MR) is 94.8 cm³/mol. The van der Waals surface area contributed by atoms with Gasteiger partial charge in [-0.05, 0) is 49.2 Å². The van der Waals surface area contributed by atoms with E-state index in [1.54, 1.807) is 30.5 Å². The number of aromatic nitrogens is 3. The molecule has 0 N–H and O–H groups in total. The van der Waals surface area contributed by atoms with E-state index in [2.05, 4.69) is 15.1 Å². The van der Waals surface area contributed by atoms with Gasteiger partial charge in [-0.1, -0.05) is 22.8 Å². The molecule has 1 fully saturated rings. The number of benzene rings is 1. The van der Waals surface area contributed by atoms with E-state index < -0.39 is 16.1 Å². The Labute approximate surface area is 155 Å². The smallest absolute Gasteiger partial charge is 0.245 e. The molecule has 1 aliphatic rings. The van der Waals surface area contributed by atoms with E-state index in [-0.39, 0.29) is 10.8 Å². The Morgan fingerprint density at radius 2 is 1.96 bits per heavy atom. The highest BCUT2D eigenvalue weighted by atomic mass is 35.5. The molecule has 0 bridgehead atoms. The zero-order chi connectivity index (χ0) is 18.1. The van der Waals surface area contributed by atoms with E-state index in [0.29, 0.717) is 29.5 Å². The van der Waals surface area contributed by atoms with Crippen LogP contribution in [-0.4, -0.2) is 34.4 Å². The highest BCUT2D eigenvalue weighted by molar-refractivity contribution is 7.89. The van der Waals surface area contributed by atoms with Crippen molar-refractivity contribution in [1.82, 2.24) is 19.4 Å². The van der Waals surface area contributed by atoms with E-state index in [1.165, 1.54) is 16.4 Å². The number of nitrogens with zero attached hydrogens (tertiary/aromatic N) is 4. The van der Waals surface area contributed by atoms with Crippen molar-refractivity contribution < 1.29 is 12.9 Å². The molecule has 0 amide bonds. The Morgan fingerprint density at radius 3 is 2.69 bits per heavy atom. The minimum atomic E-state index is -3.68.